The molecule has 0 bridgehead atoms. The van der Waals surface area contributed by atoms with E-state index in [0.717, 1.165) is 37.5 Å². The molecule has 2 unspecified atom stereocenters. The fraction of sp³-hybridized carbons (Fsp3) is 0.923. The van der Waals surface area contributed by atoms with Crippen LogP contribution in [-0.2, 0) is 0 Å². The Morgan fingerprint density at radius 2 is 1.50 bits per heavy atom. The van der Waals surface area contributed by atoms with Gasteiger partial charge >= 0.3 is 6.03 Å². The number of hydrogen-bond acceptors (Lipinski definition) is 1. The monoisotopic (exact) mass is 224 g/mol. The van der Waals surface area contributed by atoms with Crippen LogP contribution in [0.1, 0.15) is 52.4 Å². The molecule has 0 aromatic rings. The maximum absolute atomic E-state index is 11.7. The molecule has 2 N–H and O–H groups in total. The number of carbonyl (C=O) groups is 1. The SMILES string of the molecule is CC1CC(C)CC(NC(=O)NC2CCC2)C1. The number of rotatable bonds is 2. The van der Waals surface area contributed by atoms with Gasteiger partial charge in [-0.2, -0.15) is 0 Å². The number of nitrogens with one attached hydrogen (secondary N) is 2. The van der Waals surface area contributed by atoms with E-state index < -0.39 is 0 Å². The minimum absolute atomic E-state index is 0.0519. The first-order valence-electron chi connectivity index (χ1n) is 6.70. The average Bonchev–Trinajstić information content (AvgIpc) is 2.09. The number of carbonyl (C=O) groups excluding carboxylic acids is 1. The van der Waals surface area contributed by atoms with E-state index in [4.69, 9.17) is 0 Å². The van der Waals surface area contributed by atoms with Gasteiger partial charge < -0.3 is 10.6 Å². The Morgan fingerprint density at radius 1 is 0.938 bits per heavy atom. The molecule has 2 aliphatic carbocycles. The van der Waals surface area contributed by atoms with Crippen molar-refractivity contribution >= 4 is 6.03 Å². The molecule has 0 radical (unpaired) electrons. The van der Waals surface area contributed by atoms with Crippen LogP contribution in [0.4, 0.5) is 4.79 Å². The summed E-state index contributed by atoms with van der Waals surface area (Å²) in [6, 6.07) is 0.883. The highest BCUT2D eigenvalue weighted by molar-refractivity contribution is 5.74. The number of hydrogen-bond donors (Lipinski definition) is 2. The molecule has 0 saturated heterocycles. The lowest BCUT2D eigenvalue weighted by Crippen LogP contribution is -2.49. The second kappa shape index (κ2) is 5.07. The average molecular weight is 224 g/mol. The number of urea groups is 1. The van der Waals surface area contributed by atoms with E-state index in [2.05, 4.69) is 24.5 Å². The maximum Gasteiger partial charge on any atom is 0.315 e. The highest BCUT2D eigenvalue weighted by Gasteiger charge is 2.26. The van der Waals surface area contributed by atoms with E-state index >= 15 is 0 Å². The summed E-state index contributed by atoms with van der Waals surface area (Å²) in [5, 5.41) is 6.17. The smallest absolute Gasteiger partial charge is 0.315 e. The molecule has 0 aliphatic heterocycles. The molecule has 2 fully saturated rings. The van der Waals surface area contributed by atoms with Crippen molar-refractivity contribution < 1.29 is 4.79 Å². The van der Waals surface area contributed by atoms with Gasteiger partial charge in [0.05, 0.1) is 0 Å². The van der Waals surface area contributed by atoms with Gasteiger partial charge in [-0.05, 0) is 50.4 Å². The van der Waals surface area contributed by atoms with Crippen molar-refractivity contribution in [2.75, 3.05) is 0 Å². The van der Waals surface area contributed by atoms with Gasteiger partial charge in [0.15, 0.2) is 0 Å². The Kier molecular flexibility index (Phi) is 3.72. The summed E-state index contributed by atoms with van der Waals surface area (Å²) >= 11 is 0. The summed E-state index contributed by atoms with van der Waals surface area (Å²) in [5.74, 6) is 1.50. The van der Waals surface area contributed by atoms with E-state index in [1.54, 1.807) is 0 Å². The highest BCUT2D eigenvalue weighted by atomic mass is 16.2. The van der Waals surface area contributed by atoms with E-state index in [0.29, 0.717) is 12.1 Å². The normalized spacial score (nSPS) is 35.2. The topological polar surface area (TPSA) is 41.1 Å². The van der Waals surface area contributed by atoms with Gasteiger partial charge in [-0.25, -0.2) is 4.79 Å². The van der Waals surface area contributed by atoms with Crippen molar-refractivity contribution in [1.29, 1.82) is 0 Å². The molecule has 0 aromatic carbocycles. The van der Waals surface area contributed by atoms with Gasteiger partial charge in [0.1, 0.15) is 0 Å². The van der Waals surface area contributed by atoms with Gasteiger partial charge in [0.25, 0.3) is 0 Å². The second-order valence-corrected chi connectivity index (χ2v) is 5.86. The first kappa shape index (κ1) is 11.7. The van der Waals surface area contributed by atoms with Crippen molar-refractivity contribution in [2.45, 2.75) is 64.5 Å². The zero-order valence-corrected chi connectivity index (χ0v) is 10.5. The van der Waals surface area contributed by atoms with Crippen LogP contribution in [0.3, 0.4) is 0 Å². The van der Waals surface area contributed by atoms with Gasteiger partial charge in [-0.3, -0.25) is 0 Å². The van der Waals surface area contributed by atoms with Gasteiger partial charge in [0.2, 0.25) is 0 Å². The van der Waals surface area contributed by atoms with Gasteiger partial charge in [0, 0.05) is 12.1 Å². The van der Waals surface area contributed by atoms with E-state index in [1.807, 2.05) is 0 Å². The van der Waals surface area contributed by atoms with E-state index in [1.165, 1.54) is 12.8 Å². The summed E-state index contributed by atoms with van der Waals surface area (Å²) in [6.45, 7) is 4.57. The standard InChI is InChI=1S/C13H24N2O/c1-9-6-10(2)8-12(7-9)15-13(16)14-11-4-3-5-11/h9-12H,3-8H2,1-2H3,(H2,14,15,16). The summed E-state index contributed by atoms with van der Waals surface area (Å²) in [6.07, 6.45) is 7.17. The largest absolute Gasteiger partial charge is 0.335 e. The molecule has 0 spiro atoms. The molecule has 2 atom stereocenters. The van der Waals surface area contributed by atoms with Crippen molar-refractivity contribution in [3.05, 3.63) is 0 Å². The van der Waals surface area contributed by atoms with Crippen LogP contribution in [0, 0.1) is 11.8 Å². The fourth-order valence-electron chi connectivity index (χ4n) is 3.03. The summed E-state index contributed by atoms with van der Waals surface area (Å²) < 4.78 is 0. The van der Waals surface area contributed by atoms with Crippen LogP contribution >= 0.6 is 0 Å². The molecule has 0 heterocycles. The van der Waals surface area contributed by atoms with Gasteiger partial charge in [-0.1, -0.05) is 13.8 Å². The van der Waals surface area contributed by atoms with Crippen LogP contribution in [0.5, 0.6) is 0 Å². The maximum atomic E-state index is 11.7. The molecule has 3 nitrogen and oxygen atoms in total. The minimum atomic E-state index is 0.0519. The predicted molar refractivity (Wildman–Crippen MR) is 65.3 cm³/mol. The van der Waals surface area contributed by atoms with Crippen molar-refractivity contribution in [1.82, 2.24) is 10.6 Å². The molecule has 3 heteroatoms. The number of amides is 2. The molecule has 2 aliphatic rings. The highest BCUT2D eigenvalue weighted by Crippen LogP contribution is 2.28. The molecule has 2 saturated carbocycles. The summed E-state index contributed by atoms with van der Waals surface area (Å²) in [4.78, 5) is 11.7. The molecule has 2 rings (SSSR count). The molecular formula is C13H24N2O. The lowest BCUT2D eigenvalue weighted by atomic mass is 9.80. The molecule has 0 aromatic heterocycles. The van der Waals surface area contributed by atoms with E-state index in [-0.39, 0.29) is 6.03 Å². The third-order valence-corrected chi connectivity index (χ3v) is 3.95. The van der Waals surface area contributed by atoms with E-state index in [9.17, 15) is 4.79 Å². The van der Waals surface area contributed by atoms with Gasteiger partial charge in [-0.15, -0.1) is 0 Å². The third kappa shape index (κ3) is 3.13. The first-order chi connectivity index (χ1) is 7.63. The first-order valence-corrected chi connectivity index (χ1v) is 6.70. The zero-order chi connectivity index (χ0) is 11.5. The van der Waals surface area contributed by atoms with Crippen LogP contribution in [-0.4, -0.2) is 18.1 Å². The summed E-state index contributed by atoms with van der Waals surface area (Å²) in [7, 11) is 0. The lowest BCUT2D eigenvalue weighted by Gasteiger charge is -2.33. The lowest BCUT2D eigenvalue weighted by molar-refractivity contribution is 0.205. The Morgan fingerprint density at radius 3 is 2.00 bits per heavy atom. The quantitative estimate of drug-likeness (QED) is 0.744. The van der Waals surface area contributed by atoms with Crippen molar-refractivity contribution in [3.63, 3.8) is 0 Å². The minimum Gasteiger partial charge on any atom is -0.335 e. The van der Waals surface area contributed by atoms with Crippen LogP contribution in [0.2, 0.25) is 0 Å². The molecule has 92 valence electrons. The predicted octanol–water partition coefficient (Wildman–Crippen LogP) is 2.66. The molecule has 2 amide bonds. The van der Waals surface area contributed by atoms with Crippen LogP contribution in [0.25, 0.3) is 0 Å². The summed E-state index contributed by atoms with van der Waals surface area (Å²) in [5.41, 5.74) is 0. The van der Waals surface area contributed by atoms with Crippen LogP contribution < -0.4 is 10.6 Å². The molecular weight excluding hydrogens is 200 g/mol. The Balaban J connectivity index is 1.72. The Bertz CT molecular complexity index is 240. The third-order valence-electron chi connectivity index (χ3n) is 3.95. The zero-order valence-electron chi connectivity index (χ0n) is 10.5. The Hall–Kier alpha value is -0.730. The van der Waals surface area contributed by atoms with Crippen LogP contribution in [0.15, 0.2) is 0 Å². The second-order valence-electron chi connectivity index (χ2n) is 5.86. The Labute approximate surface area is 98.4 Å². The van der Waals surface area contributed by atoms with Crippen molar-refractivity contribution in [3.8, 4) is 0 Å². The molecule has 16 heavy (non-hydrogen) atoms. The van der Waals surface area contributed by atoms with Crippen molar-refractivity contribution in [2.24, 2.45) is 11.8 Å². The fourth-order valence-corrected chi connectivity index (χ4v) is 3.03.